The van der Waals surface area contributed by atoms with Crippen LogP contribution in [0.15, 0.2) is 54.9 Å². The van der Waals surface area contributed by atoms with Crippen LogP contribution < -0.4 is 14.2 Å². The van der Waals surface area contributed by atoms with E-state index in [0.29, 0.717) is 23.0 Å². The third-order valence-electron chi connectivity index (χ3n) is 6.76. The van der Waals surface area contributed by atoms with Gasteiger partial charge >= 0.3 is 0 Å². The average Bonchev–Trinajstić information content (AvgIpc) is 3.35. The van der Waals surface area contributed by atoms with E-state index in [1.54, 1.807) is 35.2 Å². The summed E-state index contributed by atoms with van der Waals surface area (Å²) in [6, 6.07) is 13.2. The van der Waals surface area contributed by atoms with E-state index in [9.17, 15) is 8.42 Å². The lowest BCUT2D eigenvalue weighted by molar-refractivity contribution is 0.0949. The number of hydrogen-bond donors (Lipinski definition) is 1. The van der Waals surface area contributed by atoms with Crippen LogP contribution in [-0.4, -0.2) is 59.7 Å². The van der Waals surface area contributed by atoms with Gasteiger partial charge in [0.05, 0.1) is 14.2 Å². The van der Waals surface area contributed by atoms with Crippen molar-refractivity contribution in [1.82, 2.24) is 24.7 Å². The maximum Gasteiger partial charge on any atom is 0.243 e. The zero-order valence-electron chi connectivity index (χ0n) is 24.5. The standard InChI is InChI=1S/C29H36N6O5S/c1-18-16-30-26(31-17-18)25(40-8)19(2)41(36,37)34-28-33-32-27(20-12-14-21(15-13-20)29(3,4)5)35(28)24-22(38-6)10-9-11-23(24)39-7/h9-17,19,25H,1-8H3,(H,33,34). The molecule has 0 fully saturated rings. The number of sulfonamides is 1. The summed E-state index contributed by atoms with van der Waals surface area (Å²) in [7, 11) is 0.360. The summed E-state index contributed by atoms with van der Waals surface area (Å²) in [5, 5.41) is 7.58. The van der Waals surface area contributed by atoms with Gasteiger partial charge in [0.25, 0.3) is 0 Å². The monoisotopic (exact) mass is 580 g/mol. The Morgan fingerprint density at radius 1 is 0.902 bits per heavy atom. The van der Waals surface area contributed by atoms with Crippen LogP contribution in [0.2, 0.25) is 0 Å². The number of hydrogen-bond acceptors (Lipinski definition) is 9. The number of nitrogens with zero attached hydrogens (tertiary/aromatic N) is 5. The molecule has 0 aliphatic heterocycles. The first-order valence-corrected chi connectivity index (χ1v) is 14.6. The molecule has 0 aliphatic rings. The molecule has 0 saturated heterocycles. The van der Waals surface area contributed by atoms with Crippen molar-refractivity contribution in [1.29, 1.82) is 0 Å². The van der Waals surface area contributed by atoms with Crippen LogP contribution in [-0.2, 0) is 20.2 Å². The second-order valence-corrected chi connectivity index (χ2v) is 12.7. The molecule has 1 N–H and O–H groups in total. The number of benzene rings is 2. The largest absolute Gasteiger partial charge is 0.494 e. The zero-order valence-corrected chi connectivity index (χ0v) is 25.4. The first kappa shape index (κ1) is 29.9. The molecule has 11 nitrogen and oxygen atoms in total. The summed E-state index contributed by atoms with van der Waals surface area (Å²) in [6.07, 6.45) is 2.29. The van der Waals surface area contributed by atoms with Crippen molar-refractivity contribution < 1.29 is 22.6 Å². The van der Waals surface area contributed by atoms with Gasteiger partial charge in [0.1, 0.15) is 28.5 Å². The molecule has 218 valence electrons. The molecule has 12 heteroatoms. The van der Waals surface area contributed by atoms with Crippen molar-refractivity contribution >= 4 is 16.0 Å². The summed E-state index contributed by atoms with van der Waals surface area (Å²) in [6.45, 7) is 9.77. The van der Waals surface area contributed by atoms with Gasteiger partial charge in [-0.15, -0.1) is 10.2 Å². The first-order valence-electron chi connectivity index (χ1n) is 13.0. The van der Waals surface area contributed by atoms with E-state index in [1.165, 1.54) is 28.3 Å². The van der Waals surface area contributed by atoms with Gasteiger partial charge in [-0.25, -0.2) is 18.4 Å². The lowest BCUT2D eigenvalue weighted by Gasteiger charge is -2.23. The summed E-state index contributed by atoms with van der Waals surface area (Å²) in [4.78, 5) is 8.55. The molecule has 0 aliphatic carbocycles. The lowest BCUT2D eigenvalue weighted by atomic mass is 9.87. The Morgan fingerprint density at radius 3 is 2.00 bits per heavy atom. The predicted octanol–water partition coefficient (Wildman–Crippen LogP) is 4.87. The first-order chi connectivity index (χ1) is 19.4. The molecule has 41 heavy (non-hydrogen) atoms. The molecule has 2 aromatic heterocycles. The van der Waals surface area contributed by atoms with Gasteiger partial charge < -0.3 is 14.2 Å². The quantitative estimate of drug-likeness (QED) is 0.279. The normalized spacial score (nSPS) is 13.5. The van der Waals surface area contributed by atoms with E-state index in [0.717, 1.165) is 16.7 Å². The third-order valence-corrected chi connectivity index (χ3v) is 8.45. The Hall–Kier alpha value is -4.03. The molecule has 2 aromatic carbocycles. The van der Waals surface area contributed by atoms with Crippen LogP contribution in [0.25, 0.3) is 17.1 Å². The lowest BCUT2D eigenvalue weighted by Crippen LogP contribution is -2.33. The molecule has 2 heterocycles. The number of methoxy groups -OCH3 is 3. The summed E-state index contributed by atoms with van der Waals surface area (Å²) in [5.74, 6) is 1.47. The van der Waals surface area contributed by atoms with Gasteiger partial charge in [-0.1, -0.05) is 51.1 Å². The molecular weight excluding hydrogens is 544 g/mol. The van der Waals surface area contributed by atoms with Crippen LogP contribution in [0.5, 0.6) is 11.5 Å². The Bertz CT molecular complexity index is 1570. The summed E-state index contributed by atoms with van der Waals surface area (Å²) >= 11 is 0. The van der Waals surface area contributed by atoms with Crippen LogP contribution in [0.4, 0.5) is 5.95 Å². The number of nitrogens with one attached hydrogen (secondary N) is 1. The molecule has 0 saturated carbocycles. The van der Waals surface area contributed by atoms with Crippen LogP contribution in [0, 0.1) is 6.92 Å². The number of aryl methyl sites for hydroxylation is 1. The van der Waals surface area contributed by atoms with E-state index in [2.05, 4.69) is 45.7 Å². The fraction of sp³-hybridized carbons (Fsp3) is 0.379. The number of rotatable bonds is 10. The van der Waals surface area contributed by atoms with Crippen molar-refractivity contribution in [2.45, 2.75) is 51.4 Å². The highest BCUT2D eigenvalue weighted by atomic mass is 32.2. The van der Waals surface area contributed by atoms with E-state index in [1.807, 2.05) is 31.2 Å². The minimum absolute atomic E-state index is 0.0470. The van der Waals surface area contributed by atoms with Gasteiger partial charge in [-0.05, 0) is 42.5 Å². The minimum atomic E-state index is -4.11. The number of anilines is 1. The second-order valence-electron chi connectivity index (χ2n) is 10.6. The number of ether oxygens (including phenoxy) is 3. The number of para-hydroxylation sites is 1. The fourth-order valence-electron chi connectivity index (χ4n) is 4.36. The van der Waals surface area contributed by atoms with Gasteiger partial charge in [0.15, 0.2) is 11.6 Å². The van der Waals surface area contributed by atoms with E-state index in [4.69, 9.17) is 14.2 Å². The molecule has 2 atom stereocenters. The third kappa shape index (κ3) is 6.18. The second kappa shape index (κ2) is 11.8. The average molecular weight is 581 g/mol. The highest BCUT2D eigenvalue weighted by Crippen LogP contribution is 2.38. The predicted molar refractivity (Wildman–Crippen MR) is 157 cm³/mol. The topological polar surface area (TPSA) is 130 Å². The SMILES string of the molecule is COc1cccc(OC)c1-n1c(NS(=O)(=O)C(C)C(OC)c2ncc(C)cn2)nnc1-c1ccc(C(C)(C)C)cc1. The minimum Gasteiger partial charge on any atom is -0.494 e. The van der Waals surface area contributed by atoms with Gasteiger partial charge in [0.2, 0.25) is 16.0 Å². The Kier molecular flexibility index (Phi) is 8.64. The van der Waals surface area contributed by atoms with E-state index in [-0.39, 0.29) is 17.2 Å². The Morgan fingerprint density at radius 2 is 1.49 bits per heavy atom. The maximum atomic E-state index is 13.7. The summed E-state index contributed by atoms with van der Waals surface area (Å²) < 4.78 is 48.5. The molecule has 0 bridgehead atoms. The fourth-order valence-corrected chi connectivity index (χ4v) is 5.49. The highest BCUT2D eigenvalue weighted by Gasteiger charge is 2.35. The molecule has 4 rings (SSSR count). The van der Waals surface area contributed by atoms with E-state index >= 15 is 0 Å². The van der Waals surface area contributed by atoms with Crippen molar-refractivity contribution in [3.8, 4) is 28.6 Å². The van der Waals surface area contributed by atoms with Crippen molar-refractivity contribution in [2.75, 3.05) is 26.1 Å². The van der Waals surface area contributed by atoms with Crippen LogP contribution in [0.3, 0.4) is 0 Å². The van der Waals surface area contributed by atoms with Gasteiger partial charge in [-0.3, -0.25) is 9.29 Å². The highest BCUT2D eigenvalue weighted by molar-refractivity contribution is 7.93. The van der Waals surface area contributed by atoms with E-state index < -0.39 is 21.4 Å². The molecule has 0 spiro atoms. The molecule has 0 amide bonds. The smallest absolute Gasteiger partial charge is 0.243 e. The van der Waals surface area contributed by atoms with Gasteiger partial charge in [-0.2, -0.15) is 0 Å². The molecule has 4 aromatic rings. The van der Waals surface area contributed by atoms with Crippen LogP contribution in [0.1, 0.15) is 50.8 Å². The van der Waals surface area contributed by atoms with Crippen molar-refractivity contribution in [3.05, 3.63) is 71.8 Å². The summed E-state index contributed by atoms with van der Waals surface area (Å²) in [5.41, 5.74) is 3.10. The van der Waals surface area contributed by atoms with Crippen molar-refractivity contribution in [3.63, 3.8) is 0 Å². The number of aromatic nitrogens is 5. The molecule has 0 radical (unpaired) electrons. The van der Waals surface area contributed by atoms with Gasteiger partial charge in [0, 0.05) is 25.1 Å². The Balaban J connectivity index is 1.84. The molecular formula is C29H36N6O5S. The van der Waals surface area contributed by atoms with Crippen molar-refractivity contribution in [2.24, 2.45) is 0 Å². The zero-order chi connectivity index (χ0) is 29.9. The van der Waals surface area contributed by atoms with Crippen LogP contribution >= 0.6 is 0 Å². The molecule has 2 unspecified atom stereocenters. The Labute approximate surface area is 241 Å². The maximum absolute atomic E-state index is 13.7.